The van der Waals surface area contributed by atoms with Crippen molar-refractivity contribution >= 4 is 5.65 Å². The van der Waals surface area contributed by atoms with Crippen LogP contribution in [0, 0.1) is 13.8 Å². The summed E-state index contributed by atoms with van der Waals surface area (Å²) in [6.07, 6.45) is 4.63. The van der Waals surface area contributed by atoms with Gasteiger partial charge in [-0.05, 0) is 43.9 Å². The highest BCUT2D eigenvalue weighted by Gasteiger charge is 2.28. The zero-order chi connectivity index (χ0) is 11.7. The summed E-state index contributed by atoms with van der Waals surface area (Å²) in [6.45, 7) is 8.22. The van der Waals surface area contributed by atoms with Gasteiger partial charge in [-0.1, -0.05) is 13.8 Å². The van der Waals surface area contributed by atoms with E-state index in [2.05, 4.69) is 40.7 Å². The molecule has 1 fully saturated rings. The molecule has 0 atom stereocenters. The maximum Gasteiger partial charge on any atom is 0.163 e. The van der Waals surface area contributed by atoms with Gasteiger partial charge >= 0.3 is 0 Å². The highest BCUT2D eigenvalue weighted by molar-refractivity contribution is 5.50. The van der Waals surface area contributed by atoms with Crippen molar-refractivity contribution in [2.24, 2.45) is 0 Å². The summed E-state index contributed by atoms with van der Waals surface area (Å²) in [5.41, 5.74) is 3.55. The second kappa shape index (κ2) is 4.24. The molecule has 16 heavy (non-hydrogen) atoms. The van der Waals surface area contributed by atoms with Crippen molar-refractivity contribution in [1.82, 2.24) is 14.6 Å². The lowest BCUT2D eigenvalue weighted by atomic mass is 10.2. The van der Waals surface area contributed by atoms with Crippen molar-refractivity contribution in [2.75, 3.05) is 0 Å². The Morgan fingerprint density at radius 2 is 1.88 bits per heavy atom. The highest BCUT2D eigenvalue weighted by atomic mass is 15.3. The van der Waals surface area contributed by atoms with E-state index in [1.165, 1.54) is 24.0 Å². The number of hydrogen-bond acceptors (Lipinski definition) is 2. The molecule has 0 unspecified atom stereocenters. The van der Waals surface area contributed by atoms with Gasteiger partial charge in [0.15, 0.2) is 5.65 Å². The third-order valence-corrected chi connectivity index (χ3v) is 3.07. The standard InChI is InChI=1S/C11H13N3.C2H6/c1-7-5-6-14-10(8(7)2)12-13-11(14)9-3-4-9;1-2/h5-6,9H,3-4H2,1-2H3;1-2H3. The summed E-state index contributed by atoms with van der Waals surface area (Å²) in [7, 11) is 0. The lowest BCUT2D eigenvalue weighted by Gasteiger charge is -2.02. The minimum absolute atomic E-state index is 0.659. The Kier molecular flexibility index (Phi) is 2.95. The Morgan fingerprint density at radius 1 is 1.19 bits per heavy atom. The largest absolute Gasteiger partial charge is 0.286 e. The summed E-state index contributed by atoms with van der Waals surface area (Å²) in [4.78, 5) is 0. The van der Waals surface area contributed by atoms with Crippen LogP contribution in [-0.4, -0.2) is 14.6 Å². The Hall–Kier alpha value is -1.38. The van der Waals surface area contributed by atoms with Gasteiger partial charge in [0.2, 0.25) is 0 Å². The molecule has 3 heteroatoms. The third kappa shape index (κ3) is 1.70. The fourth-order valence-corrected chi connectivity index (χ4v) is 1.81. The molecule has 1 saturated carbocycles. The number of rotatable bonds is 1. The molecule has 3 rings (SSSR count). The maximum absolute atomic E-state index is 4.27. The van der Waals surface area contributed by atoms with E-state index >= 15 is 0 Å². The molecule has 0 aliphatic heterocycles. The maximum atomic E-state index is 4.27. The molecule has 3 nitrogen and oxygen atoms in total. The van der Waals surface area contributed by atoms with Crippen LogP contribution in [0.3, 0.4) is 0 Å². The van der Waals surface area contributed by atoms with Crippen LogP contribution in [0.25, 0.3) is 5.65 Å². The Morgan fingerprint density at radius 3 is 2.50 bits per heavy atom. The first-order valence-electron chi connectivity index (χ1n) is 6.08. The van der Waals surface area contributed by atoms with Crippen LogP contribution < -0.4 is 0 Å². The molecular formula is C13H19N3. The van der Waals surface area contributed by atoms with E-state index in [9.17, 15) is 0 Å². The monoisotopic (exact) mass is 217 g/mol. The SMILES string of the molecule is CC.Cc1ccn2c(C3CC3)nnc2c1C. The smallest absolute Gasteiger partial charge is 0.163 e. The lowest BCUT2D eigenvalue weighted by molar-refractivity contribution is 0.896. The molecule has 2 aromatic rings. The molecule has 86 valence electrons. The summed E-state index contributed by atoms with van der Waals surface area (Å²) in [5.74, 6) is 1.80. The first-order valence-corrected chi connectivity index (χ1v) is 6.08. The first kappa shape index (κ1) is 11.1. The summed E-state index contributed by atoms with van der Waals surface area (Å²) in [6, 6.07) is 2.14. The molecule has 2 heterocycles. The normalized spacial score (nSPS) is 14.8. The topological polar surface area (TPSA) is 30.2 Å². The summed E-state index contributed by atoms with van der Waals surface area (Å²) in [5, 5.41) is 8.53. The van der Waals surface area contributed by atoms with Gasteiger partial charge in [-0.15, -0.1) is 10.2 Å². The lowest BCUT2D eigenvalue weighted by Crippen LogP contribution is -1.94. The minimum atomic E-state index is 0.659. The van der Waals surface area contributed by atoms with Gasteiger partial charge in [-0.3, -0.25) is 4.40 Å². The van der Waals surface area contributed by atoms with Crippen LogP contribution >= 0.6 is 0 Å². The summed E-state index contributed by atoms with van der Waals surface area (Å²) >= 11 is 0. The molecule has 0 radical (unpaired) electrons. The molecular weight excluding hydrogens is 198 g/mol. The third-order valence-electron chi connectivity index (χ3n) is 3.07. The van der Waals surface area contributed by atoms with Gasteiger partial charge in [0.25, 0.3) is 0 Å². The van der Waals surface area contributed by atoms with Crippen LogP contribution in [0.2, 0.25) is 0 Å². The molecule has 0 spiro atoms. The molecule has 1 aliphatic carbocycles. The molecule has 1 aliphatic rings. The van der Waals surface area contributed by atoms with Crippen molar-refractivity contribution in [1.29, 1.82) is 0 Å². The van der Waals surface area contributed by atoms with E-state index in [1.54, 1.807) is 0 Å². The zero-order valence-corrected chi connectivity index (χ0v) is 10.5. The van der Waals surface area contributed by atoms with E-state index in [-0.39, 0.29) is 0 Å². The zero-order valence-electron chi connectivity index (χ0n) is 10.5. The van der Waals surface area contributed by atoms with Gasteiger partial charge in [-0.25, -0.2) is 0 Å². The Balaban J connectivity index is 0.000000457. The van der Waals surface area contributed by atoms with Gasteiger partial charge in [-0.2, -0.15) is 0 Å². The van der Waals surface area contributed by atoms with Crippen LogP contribution in [0.5, 0.6) is 0 Å². The van der Waals surface area contributed by atoms with Crippen molar-refractivity contribution < 1.29 is 0 Å². The molecule has 0 aromatic carbocycles. The van der Waals surface area contributed by atoms with Crippen molar-refractivity contribution in [2.45, 2.75) is 46.5 Å². The van der Waals surface area contributed by atoms with E-state index in [1.807, 2.05) is 13.8 Å². The number of nitrogens with zero attached hydrogens (tertiary/aromatic N) is 3. The Bertz CT molecular complexity index is 495. The van der Waals surface area contributed by atoms with Crippen LogP contribution in [0.1, 0.15) is 49.6 Å². The van der Waals surface area contributed by atoms with Gasteiger partial charge in [0.1, 0.15) is 5.82 Å². The number of aryl methyl sites for hydroxylation is 2. The van der Waals surface area contributed by atoms with E-state index in [0.717, 1.165) is 11.5 Å². The van der Waals surface area contributed by atoms with Crippen molar-refractivity contribution in [3.63, 3.8) is 0 Å². The van der Waals surface area contributed by atoms with Crippen molar-refractivity contribution in [3.8, 4) is 0 Å². The van der Waals surface area contributed by atoms with E-state index < -0.39 is 0 Å². The second-order valence-corrected chi connectivity index (χ2v) is 4.15. The average Bonchev–Trinajstić information content (AvgIpc) is 3.07. The van der Waals surface area contributed by atoms with Gasteiger partial charge < -0.3 is 0 Å². The molecule has 0 bridgehead atoms. The molecule has 2 aromatic heterocycles. The van der Waals surface area contributed by atoms with Crippen molar-refractivity contribution in [3.05, 3.63) is 29.2 Å². The molecule has 0 saturated heterocycles. The van der Waals surface area contributed by atoms with E-state index in [4.69, 9.17) is 0 Å². The number of pyridine rings is 1. The quantitative estimate of drug-likeness (QED) is 0.734. The predicted octanol–water partition coefficient (Wildman–Crippen LogP) is 3.25. The average molecular weight is 217 g/mol. The van der Waals surface area contributed by atoms with Crippen LogP contribution in [-0.2, 0) is 0 Å². The number of fused-ring (bicyclic) bond motifs is 1. The first-order chi connectivity index (χ1) is 7.77. The highest BCUT2D eigenvalue weighted by Crippen LogP contribution is 2.39. The number of hydrogen-bond donors (Lipinski definition) is 0. The fraction of sp³-hybridized carbons (Fsp3) is 0.538. The van der Waals surface area contributed by atoms with Gasteiger partial charge in [0.05, 0.1) is 0 Å². The molecule has 0 N–H and O–H groups in total. The second-order valence-electron chi connectivity index (χ2n) is 4.15. The van der Waals surface area contributed by atoms with Gasteiger partial charge in [0, 0.05) is 12.1 Å². The van der Waals surface area contributed by atoms with Crippen LogP contribution in [0.4, 0.5) is 0 Å². The van der Waals surface area contributed by atoms with E-state index in [0.29, 0.717) is 5.92 Å². The minimum Gasteiger partial charge on any atom is -0.286 e. The number of aromatic nitrogens is 3. The molecule has 0 amide bonds. The fourth-order valence-electron chi connectivity index (χ4n) is 1.81. The Labute approximate surface area is 96.5 Å². The summed E-state index contributed by atoms with van der Waals surface area (Å²) < 4.78 is 2.14. The van der Waals surface area contributed by atoms with Crippen LogP contribution in [0.15, 0.2) is 12.3 Å². The predicted molar refractivity (Wildman–Crippen MR) is 65.8 cm³/mol.